The molecule has 0 atom stereocenters. The lowest BCUT2D eigenvalue weighted by atomic mass is 10.2. The van der Waals surface area contributed by atoms with Crippen LogP contribution in [-0.4, -0.2) is 16.1 Å². The van der Waals surface area contributed by atoms with Crippen LogP contribution >= 0.6 is 22.7 Å². The van der Waals surface area contributed by atoms with Gasteiger partial charge in [0.25, 0.3) is 0 Å². The molecule has 3 nitrogen and oxygen atoms in total. The molecule has 2 aromatic heterocycles. The number of aliphatic carboxylic acids is 1. The van der Waals surface area contributed by atoms with Crippen molar-refractivity contribution in [3.8, 4) is 0 Å². The molecule has 0 unspecified atom stereocenters. The number of carbonyl (C=O) groups is 1. The molecule has 0 fully saturated rings. The minimum atomic E-state index is -4.38. The van der Waals surface area contributed by atoms with E-state index in [4.69, 9.17) is 5.11 Å². The summed E-state index contributed by atoms with van der Waals surface area (Å²) < 4.78 is 38.8. The van der Waals surface area contributed by atoms with Gasteiger partial charge in [-0.05, 0) is 35.2 Å². The summed E-state index contributed by atoms with van der Waals surface area (Å²) in [6, 6.07) is 5.34. The summed E-state index contributed by atoms with van der Waals surface area (Å²) in [5, 5.41) is 11.3. The van der Waals surface area contributed by atoms with Crippen LogP contribution in [-0.2, 0) is 23.8 Å². The summed E-state index contributed by atoms with van der Waals surface area (Å²) in [6.45, 7) is 0. The van der Waals surface area contributed by atoms with E-state index in [2.05, 4.69) is 4.98 Å². The minimum Gasteiger partial charge on any atom is -0.481 e. The molecule has 1 aromatic carbocycles. The second kappa shape index (κ2) is 5.93. The molecule has 0 saturated heterocycles. The van der Waals surface area contributed by atoms with E-state index >= 15 is 0 Å². The molecule has 120 valence electrons. The van der Waals surface area contributed by atoms with Crippen LogP contribution in [0.4, 0.5) is 13.2 Å². The SMILES string of the molecule is O=C(O)Cc1cc(Cc2nc3cc(C(F)(F)F)ccc3s2)cs1. The minimum absolute atomic E-state index is 0.0283. The number of fused-ring (bicyclic) bond motifs is 1. The third kappa shape index (κ3) is 3.70. The maximum absolute atomic E-state index is 12.7. The number of alkyl halides is 3. The van der Waals surface area contributed by atoms with Crippen LogP contribution in [0.5, 0.6) is 0 Å². The highest BCUT2D eigenvalue weighted by Gasteiger charge is 2.30. The summed E-state index contributed by atoms with van der Waals surface area (Å²) >= 11 is 2.70. The molecule has 23 heavy (non-hydrogen) atoms. The van der Waals surface area contributed by atoms with Crippen LogP contribution in [0.15, 0.2) is 29.6 Å². The topological polar surface area (TPSA) is 50.2 Å². The quantitative estimate of drug-likeness (QED) is 0.743. The van der Waals surface area contributed by atoms with Gasteiger partial charge in [-0.25, -0.2) is 4.98 Å². The lowest BCUT2D eigenvalue weighted by Gasteiger charge is -2.04. The third-order valence-corrected chi connectivity index (χ3v) is 5.17. The van der Waals surface area contributed by atoms with Gasteiger partial charge in [0.2, 0.25) is 0 Å². The van der Waals surface area contributed by atoms with Crippen molar-refractivity contribution in [2.24, 2.45) is 0 Å². The molecule has 8 heteroatoms. The van der Waals surface area contributed by atoms with E-state index in [1.54, 1.807) is 6.07 Å². The number of halogens is 3. The summed E-state index contributed by atoms with van der Waals surface area (Å²) in [5.41, 5.74) is 0.545. The van der Waals surface area contributed by atoms with Gasteiger partial charge in [-0.3, -0.25) is 4.79 Å². The Balaban J connectivity index is 1.83. The number of thiazole rings is 1. The standard InChI is InChI=1S/C15H10F3NO2S2/c16-15(17,18)9-1-2-12-11(5-9)19-13(23-12)4-8-3-10(22-7-8)6-14(20)21/h1-3,5,7H,4,6H2,(H,20,21). The summed E-state index contributed by atoms with van der Waals surface area (Å²) in [7, 11) is 0. The number of hydrogen-bond acceptors (Lipinski definition) is 4. The normalized spacial score (nSPS) is 12.0. The first-order valence-electron chi connectivity index (χ1n) is 6.56. The molecule has 0 amide bonds. The second-order valence-electron chi connectivity index (χ2n) is 4.96. The molecule has 0 aliphatic carbocycles. The zero-order chi connectivity index (χ0) is 16.6. The Labute approximate surface area is 137 Å². The second-order valence-corrected chi connectivity index (χ2v) is 7.07. The van der Waals surface area contributed by atoms with Crippen LogP contribution in [0.25, 0.3) is 10.2 Å². The highest BCUT2D eigenvalue weighted by Crippen LogP contribution is 2.33. The van der Waals surface area contributed by atoms with Crippen molar-refractivity contribution in [3.05, 3.63) is 50.7 Å². The molecule has 2 heterocycles. The van der Waals surface area contributed by atoms with Crippen molar-refractivity contribution in [3.63, 3.8) is 0 Å². The summed E-state index contributed by atoms with van der Waals surface area (Å²) in [6.07, 6.45) is -3.92. The van der Waals surface area contributed by atoms with Crippen molar-refractivity contribution >= 4 is 38.9 Å². The molecule has 3 rings (SSSR count). The first-order chi connectivity index (χ1) is 10.8. The summed E-state index contributed by atoms with van der Waals surface area (Å²) in [4.78, 5) is 15.7. The van der Waals surface area contributed by atoms with Crippen LogP contribution in [0.1, 0.15) is 21.0 Å². The molecule has 0 aliphatic heterocycles. The molecule has 0 bridgehead atoms. The van der Waals surface area contributed by atoms with E-state index < -0.39 is 17.7 Å². The van der Waals surface area contributed by atoms with E-state index in [0.717, 1.165) is 22.6 Å². The first-order valence-corrected chi connectivity index (χ1v) is 8.25. The van der Waals surface area contributed by atoms with Gasteiger partial charge in [0.1, 0.15) is 0 Å². The number of nitrogens with zero attached hydrogens (tertiary/aromatic N) is 1. The smallest absolute Gasteiger partial charge is 0.416 e. The Morgan fingerprint density at radius 1 is 1.26 bits per heavy atom. The number of carboxylic acid groups (broad SMARTS) is 1. The number of rotatable bonds is 4. The average molecular weight is 357 g/mol. The van der Waals surface area contributed by atoms with Gasteiger partial charge < -0.3 is 5.11 Å². The van der Waals surface area contributed by atoms with Crippen molar-refractivity contribution < 1.29 is 23.1 Å². The van der Waals surface area contributed by atoms with E-state index in [0.29, 0.717) is 21.6 Å². The largest absolute Gasteiger partial charge is 0.481 e. The van der Waals surface area contributed by atoms with Gasteiger partial charge in [0.15, 0.2) is 0 Å². The van der Waals surface area contributed by atoms with Crippen LogP contribution in [0.3, 0.4) is 0 Å². The Kier molecular flexibility index (Phi) is 4.11. The summed E-state index contributed by atoms with van der Waals surface area (Å²) in [5.74, 6) is -0.891. The van der Waals surface area contributed by atoms with Gasteiger partial charge >= 0.3 is 12.1 Å². The van der Waals surface area contributed by atoms with Gasteiger partial charge in [-0.2, -0.15) is 13.2 Å². The lowest BCUT2D eigenvalue weighted by Crippen LogP contribution is -2.03. The monoisotopic (exact) mass is 357 g/mol. The lowest BCUT2D eigenvalue weighted by molar-refractivity contribution is -0.138. The van der Waals surface area contributed by atoms with E-state index in [1.807, 2.05) is 5.38 Å². The van der Waals surface area contributed by atoms with Crippen LogP contribution in [0, 0.1) is 0 Å². The van der Waals surface area contributed by atoms with Gasteiger partial charge in [-0.15, -0.1) is 22.7 Å². The van der Waals surface area contributed by atoms with Crippen molar-refractivity contribution in [1.82, 2.24) is 4.98 Å². The molecule has 0 aliphatic rings. The van der Waals surface area contributed by atoms with Crippen molar-refractivity contribution in [2.75, 3.05) is 0 Å². The zero-order valence-electron chi connectivity index (χ0n) is 11.6. The van der Waals surface area contributed by atoms with E-state index in [1.165, 1.54) is 28.7 Å². The number of thiophene rings is 1. The van der Waals surface area contributed by atoms with Gasteiger partial charge in [0, 0.05) is 11.3 Å². The Morgan fingerprint density at radius 3 is 2.74 bits per heavy atom. The molecule has 0 saturated carbocycles. The number of hydrogen-bond donors (Lipinski definition) is 1. The van der Waals surface area contributed by atoms with Crippen LogP contribution < -0.4 is 0 Å². The molecular weight excluding hydrogens is 347 g/mol. The highest BCUT2D eigenvalue weighted by molar-refractivity contribution is 7.18. The fourth-order valence-corrected chi connectivity index (χ4v) is 4.02. The zero-order valence-corrected chi connectivity index (χ0v) is 13.2. The van der Waals surface area contributed by atoms with Crippen LogP contribution in [0.2, 0.25) is 0 Å². The number of carboxylic acids is 1. The highest BCUT2D eigenvalue weighted by atomic mass is 32.1. The van der Waals surface area contributed by atoms with Crippen molar-refractivity contribution in [1.29, 1.82) is 0 Å². The van der Waals surface area contributed by atoms with Gasteiger partial charge in [0.05, 0.1) is 27.2 Å². The predicted molar refractivity (Wildman–Crippen MR) is 83.1 cm³/mol. The number of aromatic nitrogens is 1. The maximum Gasteiger partial charge on any atom is 0.416 e. The molecule has 0 spiro atoms. The molecule has 0 radical (unpaired) electrons. The molecule has 3 aromatic rings. The Hall–Kier alpha value is -1.93. The molecular formula is C15H10F3NO2S2. The van der Waals surface area contributed by atoms with E-state index in [9.17, 15) is 18.0 Å². The predicted octanol–water partition coefficient (Wildman–Crippen LogP) is 4.59. The Bertz CT molecular complexity index is 867. The molecule has 1 N–H and O–H groups in total. The average Bonchev–Trinajstić information content (AvgIpc) is 3.02. The van der Waals surface area contributed by atoms with Gasteiger partial charge in [-0.1, -0.05) is 0 Å². The fourth-order valence-electron chi connectivity index (χ4n) is 2.16. The first kappa shape index (κ1) is 15.9. The number of benzene rings is 1. The Morgan fingerprint density at radius 2 is 2.04 bits per heavy atom. The third-order valence-electron chi connectivity index (χ3n) is 3.15. The van der Waals surface area contributed by atoms with Crippen molar-refractivity contribution in [2.45, 2.75) is 19.0 Å². The fraction of sp³-hybridized carbons (Fsp3) is 0.200. The maximum atomic E-state index is 12.7. The van der Waals surface area contributed by atoms with E-state index in [-0.39, 0.29) is 6.42 Å².